The summed E-state index contributed by atoms with van der Waals surface area (Å²) in [6.07, 6.45) is 10.2. The number of aromatic nitrogens is 3. The van der Waals surface area contributed by atoms with Gasteiger partial charge in [0.25, 0.3) is 0 Å². The molecule has 1 amide bonds. The Labute approximate surface area is 127 Å². The van der Waals surface area contributed by atoms with Crippen LogP contribution in [0.15, 0.2) is 30.9 Å². The van der Waals surface area contributed by atoms with Crippen LogP contribution in [0.4, 0.5) is 5.69 Å². The van der Waals surface area contributed by atoms with Gasteiger partial charge in [-0.15, -0.1) is 0 Å². The summed E-state index contributed by atoms with van der Waals surface area (Å²) in [6, 6.07) is 1.75. The van der Waals surface area contributed by atoms with Crippen molar-refractivity contribution >= 4 is 33.4 Å². The number of piperidine rings is 1. The molecule has 1 fully saturated rings. The zero-order valence-corrected chi connectivity index (χ0v) is 12.1. The fraction of sp³-hybridized carbons (Fsp3) is 0.312. The summed E-state index contributed by atoms with van der Waals surface area (Å²) in [5, 5.41) is 3.09. The van der Waals surface area contributed by atoms with Crippen LogP contribution in [0.1, 0.15) is 19.3 Å². The molecule has 4 rings (SSSR count). The number of hydrogen-bond donors (Lipinski definition) is 2. The molecule has 0 spiro atoms. The third-order valence-electron chi connectivity index (χ3n) is 4.42. The minimum Gasteiger partial charge on any atom is -0.368 e. The maximum Gasteiger partial charge on any atom is 0.240 e. The second-order valence-electron chi connectivity index (χ2n) is 5.73. The van der Waals surface area contributed by atoms with Crippen molar-refractivity contribution in [3.8, 4) is 0 Å². The third kappa shape index (κ3) is 1.91. The summed E-state index contributed by atoms with van der Waals surface area (Å²) in [6.45, 7) is 0.822. The maximum absolute atomic E-state index is 11.8. The van der Waals surface area contributed by atoms with Crippen LogP contribution in [0, 0.1) is 0 Å². The van der Waals surface area contributed by atoms with E-state index < -0.39 is 0 Å². The van der Waals surface area contributed by atoms with Gasteiger partial charge in [-0.05, 0) is 25.3 Å². The molecule has 0 aromatic carbocycles. The van der Waals surface area contributed by atoms with Crippen LogP contribution in [0.25, 0.3) is 21.8 Å². The quantitative estimate of drug-likeness (QED) is 0.756. The molecule has 22 heavy (non-hydrogen) atoms. The first-order valence-electron chi connectivity index (χ1n) is 7.51. The molecule has 6 heteroatoms. The van der Waals surface area contributed by atoms with Crippen LogP contribution in [-0.2, 0) is 4.79 Å². The van der Waals surface area contributed by atoms with Crippen LogP contribution >= 0.6 is 0 Å². The zero-order valence-electron chi connectivity index (χ0n) is 12.1. The van der Waals surface area contributed by atoms with Crippen molar-refractivity contribution in [3.05, 3.63) is 30.9 Å². The Morgan fingerprint density at radius 2 is 2.23 bits per heavy atom. The van der Waals surface area contributed by atoms with E-state index in [-0.39, 0.29) is 11.9 Å². The van der Waals surface area contributed by atoms with E-state index in [1.54, 1.807) is 0 Å². The number of H-pyrrole nitrogens is 1. The highest BCUT2D eigenvalue weighted by Gasteiger charge is 2.28. The topological polar surface area (TPSA) is 87.9 Å². The number of carbonyl (C=O) groups is 1. The highest BCUT2D eigenvalue weighted by atomic mass is 16.1. The van der Waals surface area contributed by atoms with Gasteiger partial charge in [-0.2, -0.15) is 0 Å². The molecule has 6 nitrogen and oxygen atoms in total. The van der Waals surface area contributed by atoms with E-state index in [1.807, 2.05) is 30.9 Å². The van der Waals surface area contributed by atoms with Crippen LogP contribution in [0.3, 0.4) is 0 Å². The molecule has 0 radical (unpaired) electrons. The SMILES string of the molecule is NC(=O)C1CCCCN1c1cncc2cnc3[nH]ccc3c12. The normalized spacial score (nSPS) is 18.9. The Balaban J connectivity index is 1.97. The van der Waals surface area contributed by atoms with Crippen molar-refractivity contribution < 1.29 is 4.79 Å². The van der Waals surface area contributed by atoms with Crippen molar-refractivity contribution in [3.63, 3.8) is 0 Å². The van der Waals surface area contributed by atoms with Crippen LogP contribution in [0.2, 0.25) is 0 Å². The number of amides is 1. The number of aromatic amines is 1. The molecular weight excluding hydrogens is 278 g/mol. The molecule has 112 valence electrons. The molecule has 0 bridgehead atoms. The average molecular weight is 295 g/mol. The molecule has 3 aromatic rings. The van der Waals surface area contributed by atoms with Crippen molar-refractivity contribution in [1.82, 2.24) is 15.0 Å². The molecular formula is C16H17N5O. The third-order valence-corrected chi connectivity index (χ3v) is 4.42. The van der Waals surface area contributed by atoms with Crippen molar-refractivity contribution in [2.45, 2.75) is 25.3 Å². The van der Waals surface area contributed by atoms with Gasteiger partial charge in [0, 0.05) is 41.3 Å². The van der Waals surface area contributed by atoms with Crippen molar-refractivity contribution in [1.29, 1.82) is 0 Å². The standard InChI is InChI=1S/C16H17N5O/c17-15(22)12-3-1-2-6-21(12)13-9-18-7-10-8-20-16-11(14(10)13)4-5-19-16/h4-5,7-9,12H,1-3,6H2,(H2,17,22)(H,19,20). The monoisotopic (exact) mass is 295 g/mol. The number of hydrogen-bond acceptors (Lipinski definition) is 4. The summed E-state index contributed by atoms with van der Waals surface area (Å²) in [5.74, 6) is -0.268. The van der Waals surface area contributed by atoms with Gasteiger partial charge in [-0.1, -0.05) is 0 Å². The van der Waals surface area contributed by atoms with E-state index in [0.29, 0.717) is 0 Å². The van der Waals surface area contributed by atoms with Crippen molar-refractivity contribution in [2.24, 2.45) is 5.73 Å². The van der Waals surface area contributed by atoms with E-state index in [0.717, 1.165) is 53.3 Å². The Kier molecular flexibility index (Phi) is 2.96. The molecule has 1 atom stereocenters. The fourth-order valence-electron chi connectivity index (χ4n) is 3.39. The number of pyridine rings is 2. The number of primary amides is 1. The lowest BCUT2D eigenvalue weighted by atomic mass is 9.99. The van der Waals surface area contributed by atoms with Gasteiger partial charge in [0.2, 0.25) is 5.91 Å². The lowest BCUT2D eigenvalue weighted by Crippen LogP contribution is -2.48. The number of carbonyl (C=O) groups excluding carboxylic acids is 1. The van der Waals surface area contributed by atoms with Gasteiger partial charge >= 0.3 is 0 Å². The largest absolute Gasteiger partial charge is 0.368 e. The predicted octanol–water partition coefficient (Wildman–Crippen LogP) is 1.96. The Bertz CT molecular complexity index is 856. The zero-order chi connectivity index (χ0) is 15.1. The summed E-state index contributed by atoms with van der Waals surface area (Å²) >= 11 is 0. The van der Waals surface area contributed by atoms with Crippen LogP contribution < -0.4 is 10.6 Å². The molecule has 4 heterocycles. The summed E-state index contributed by atoms with van der Waals surface area (Å²) in [4.78, 5) is 25.8. The van der Waals surface area contributed by atoms with Gasteiger partial charge < -0.3 is 15.6 Å². The molecule has 1 unspecified atom stereocenters. The summed E-state index contributed by atoms with van der Waals surface area (Å²) < 4.78 is 0. The van der Waals surface area contributed by atoms with Gasteiger partial charge in [0.05, 0.1) is 11.9 Å². The minimum atomic E-state index is -0.268. The molecule has 0 saturated carbocycles. The maximum atomic E-state index is 11.8. The number of rotatable bonds is 2. The number of fused-ring (bicyclic) bond motifs is 3. The van der Waals surface area contributed by atoms with E-state index in [1.165, 1.54) is 0 Å². The van der Waals surface area contributed by atoms with E-state index in [4.69, 9.17) is 5.73 Å². The first-order valence-corrected chi connectivity index (χ1v) is 7.51. The molecule has 1 aliphatic rings. The number of nitrogens with zero attached hydrogens (tertiary/aromatic N) is 3. The summed E-state index contributed by atoms with van der Waals surface area (Å²) in [7, 11) is 0. The van der Waals surface area contributed by atoms with E-state index >= 15 is 0 Å². The highest BCUT2D eigenvalue weighted by Crippen LogP contribution is 2.34. The van der Waals surface area contributed by atoms with E-state index in [2.05, 4.69) is 19.9 Å². The minimum absolute atomic E-state index is 0.261. The summed E-state index contributed by atoms with van der Waals surface area (Å²) in [5.41, 5.74) is 7.42. The molecule has 1 aliphatic heterocycles. The lowest BCUT2D eigenvalue weighted by molar-refractivity contribution is -0.119. The predicted molar refractivity (Wildman–Crippen MR) is 85.6 cm³/mol. The second kappa shape index (κ2) is 4.98. The Morgan fingerprint density at radius 3 is 3.09 bits per heavy atom. The molecule has 0 aliphatic carbocycles. The van der Waals surface area contributed by atoms with Crippen LogP contribution in [0.5, 0.6) is 0 Å². The molecule has 3 aromatic heterocycles. The van der Waals surface area contributed by atoms with Gasteiger partial charge in [0.15, 0.2) is 0 Å². The average Bonchev–Trinajstić information content (AvgIpc) is 3.03. The Morgan fingerprint density at radius 1 is 1.32 bits per heavy atom. The lowest BCUT2D eigenvalue weighted by Gasteiger charge is -2.36. The van der Waals surface area contributed by atoms with Crippen molar-refractivity contribution in [2.75, 3.05) is 11.4 Å². The van der Waals surface area contributed by atoms with Gasteiger partial charge in [-0.3, -0.25) is 9.78 Å². The van der Waals surface area contributed by atoms with E-state index in [9.17, 15) is 4.79 Å². The van der Waals surface area contributed by atoms with Gasteiger partial charge in [-0.25, -0.2) is 4.98 Å². The Hall–Kier alpha value is -2.63. The second-order valence-corrected chi connectivity index (χ2v) is 5.73. The first-order chi connectivity index (χ1) is 10.8. The fourth-order valence-corrected chi connectivity index (χ4v) is 3.39. The number of anilines is 1. The molecule has 1 saturated heterocycles. The molecule has 3 N–H and O–H groups in total. The number of nitrogens with two attached hydrogens (primary N) is 1. The van der Waals surface area contributed by atoms with Crippen LogP contribution in [-0.4, -0.2) is 33.4 Å². The smallest absolute Gasteiger partial charge is 0.240 e. The highest BCUT2D eigenvalue weighted by molar-refractivity contribution is 6.11. The number of nitrogens with one attached hydrogen (secondary N) is 1. The van der Waals surface area contributed by atoms with Gasteiger partial charge in [0.1, 0.15) is 11.7 Å². The first kappa shape index (κ1) is 13.1.